The van der Waals surface area contributed by atoms with Crippen molar-refractivity contribution in [3.05, 3.63) is 77.9 Å². The van der Waals surface area contributed by atoms with Crippen LogP contribution in [0.15, 0.2) is 66.7 Å². The maximum absolute atomic E-state index is 3.28. The largest absolute Gasteiger partial charge is 0.378 e. The van der Waals surface area contributed by atoms with E-state index in [9.17, 15) is 0 Å². The quantitative estimate of drug-likeness (QED) is 0.637. The predicted octanol–water partition coefficient (Wildman–Crippen LogP) is 4.87. The van der Waals surface area contributed by atoms with E-state index in [1.165, 1.54) is 39.1 Å². The van der Waals surface area contributed by atoms with Gasteiger partial charge >= 0.3 is 0 Å². The molecule has 3 nitrogen and oxygen atoms in total. The third kappa shape index (κ3) is 4.61. The zero-order valence-corrected chi connectivity index (χ0v) is 17.7. The lowest BCUT2D eigenvalue weighted by molar-refractivity contribution is 0.403. The Balaban J connectivity index is 2.10. The molecule has 3 aromatic rings. The lowest BCUT2D eigenvalue weighted by atomic mass is 9.92. The summed E-state index contributed by atoms with van der Waals surface area (Å²) < 4.78 is 0. The maximum atomic E-state index is 3.28. The van der Waals surface area contributed by atoms with Crippen LogP contribution in [0.3, 0.4) is 0 Å². The molecule has 3 rings (SSSR count). The molecule has 0 aliphatic heterocycles. The van der Waals surface area contributed by atoms with Gasteiger partial charge in [-0.3, -0.25) is 0 Å². The van der Waals surface area contributed by atoms with E-state index in [2.05, 4.69) is 110 Å². The van der Waals surface area contributed by atoms with Gasteiger partial charge in [-0.25, -0.2) is 0 Å². The molecule has 0 bridgehead atoms. The van der Waals surface area contributed by atoms with Gasteiger partial charge in [-0.1, -0.05) is 48.5 Å². The van der Waals surface area contributed by atoms with E-state index in [4.69, 9.17) is 0 Å². The molecule has 28 heavy (non-hydrogen) atoms. The Kier molecular flexibility index (Phi) is 6.50. The fourth-order valence-electron chi connectivity index (χ4n) is 3.61. The molecule has 0 atom stereocenters. The zero-order valence-electron chi connectivity index (χ0n) is 17.7. The fourth-order valence-corrected chi connectivity index (χ4v) is 3.61. The molecule has 0 spiro atoms. The van der Waals surface area contributed by atoms with E-state index in [0.29, 0.717) is 0 Å². The highest BCUT2D eigenvalue weighted by Crippen LogP contribution is 2.32. The van der Waals surface area contributed by atoms with Crippen LogP contribution in [-0.4, -0.2) is 40.1 Å². The minimum atomic E-state index is 0.867. The first-order valence-electron chi connectivity index (χ1n) is 9.78. The fraction of sp³-hybridized carbons (Fsp3) is 0.280. The first kappa shape index (κ1) is 20.1. The van der Waals surface area contributed by atoms with E-state index in [1.54, 1.807) is 0 Å². The van der Waals surface area contributed by atoms with Crippen molar-refractivity contribution in [1.29, 1.82) is 0 Å². The van der Waals surface area contributed by atoms with Gasteiger partial charge in [0.05, 0.1) is 0 Å². The number of rotatable bonds is 7. The van der Waals surface area contributed by atoms with Gasteiger partial charge < -0.3 is 15.1 Å². The van der Waals surface area contributed by atoms with Crippen LogP contribution in [0.2, 0.25) is 0 Å². The standard InChI is InChI=1S/C25H31N3/c1-26-17-21-9-6-7-12-24(21)20-13-14-25(22(15-20)18-27(2)3)19-10-8-11-23(16-19)28(4)5/h6-16,26H,17-18H2,1-5H3. The topological polar surface area (TPSA) is 18.5 Å². The van der Waals surface area contributed by atoms with E-state index < -0.39 is 0 Å². The molecule has 0 heterocycles. The maximum Gasteiger partial charge on any atom is 0.0367 e. The summed E-state index contributed by atoms with van der Waals surface area (Å²) in [5.41, 5.74) is 9.02. The number of nitrogens with zero attached hydrogens (tertiary/aromatic N) is 2. The van der Waals surface area contributed by atoms with Crippen molar-refractivity contribution >= 4 is 5.69 Å². The average molecular weight is 374 g/mol. The smallest absolute Gasteiger partial charge is 0.0367 e. The molecule has 146 valence electrons. The summed E-state index contributed by atoms with van der Waals surface area (Å²) in [6.07, 6.45) is 0. The van der Waals surface area contributed by atoms with E-state index >= 15 is 0 Å². The van der Waals surface area contributed by atoms with Crippen LogP contribution in [0.4, 0.5) is 5.69 Å². The lowest BCUT2D eigenvalue weighted by Crippen LogP contribution is -2.12. The SMILES string of the molecule is CNCc1ccccc1-c1ccc(-c2cccc(N(C)C)c2)c(CN(C)C)c1. The second-order valence-electron chi connectivity index (χ2n) is 7.74. The van der Waals surface area contributed by atoms with Gasteiger partial charge in [-0.15, -0.1) is 0 Å². The van der Waals surface area contributed by atoms with Crippen molar-refractivity contribution < 1.29 is 0 Å². The predicted molar refractivity (Wildman–Crippen MR) is 122 cm³/mol. The third-order valence-electron chi connectivity index (χ3n) is 4.96. The zero-order chi connectivity index (χ0) is 20.1. The van der Waals surface area contributed by atoms with Crippen LogP contribution in [0.25, 0.3) is 22.3 Å². The van der Waals surface area contributed by atoms with Crippen molar-refractivity contribution in [3.8, 4) is 22.3 Å². The van der Waals surface area contributed by atoms with Crippen LogP contribution in [0.5, 0.6) is 0 Å². The van der Waals surface area contributed by atoms with E-state index in [0.717, 1.165) is 13.1 Å². The number of benzene rings is 3. The number of nitrogens with one attached hydrogen (secondary N) is 1. The Labute approximate surface area is 169 Å². The molecule has 0 aromatic heterocycles. The van der Waals surface area contributed by atoms with E-state index in [-0.39, 0.29) is 0 Å². The monoisotopic (exact) mass is 373 g/mol. The Morgan fingerprint density at radius 3 is 2.14 bits per heavy atom. The van der Waals surface area contributed by atoms with Crippen molar-refractivity contribution in [1.82, 2.24) is 10.2 Å². The van der Waals surface area contributed by atoms with Gasteiger partial charge in [0.15, 0.2) is 0 Å². The second-order valence-corrected chi connectivity index (χ2v) is 7.74. The molecule has 0 aliphatic rings. The minimum Gasteiger partial charge on any atom is -0.378 e. The molecule has 3 heteroatoms. The summed E-state index contributed by atoms with van der Waals surface area (Å²) in [5, 5.41) is 3.28. The van der Waals surface area contributed by atoms with Crippen LogP contribution < -0.4 is 10.2 Å². The lowest BCUT2D eigenvalue weighted by Gasteiger charge is -2.19. The third-order valence-corrected chi connectivity index (χ3v) is 4.96. The summed E-state index contributed by atoms with van der Waals surface area (Å²) in [6, 6.07) is 24.3. The summed E-state index contributed by atoms with van der Waals surface area (Å²) in [4.78, 5) is 4.38. The van der Waals surface area contributed by atoms with Crippen molar-refractivity contribution in [2.45, 2.75) is 13.1 Å². The van der Waals surface area contributed by atoms with Crippen LogP contribution >= 0.6 is 0 Å². The molecule has 0 radical (unpaired) electrons. The molecule has 0 saturated heterocycles. The highest BCUT2D eigenvalue weighted by molar-refractivity contribution is 5.76. The Morgan fingerprint density at radius 1 is 0.714 bits per heavy atom. The molecule has 0 unspecified atom stereocenters. The van der Waals surface area contributed by atoms with Gasteiger partial charge in [0, 0.05) is 32.9 Å². The number of hydrogen-bond acceptors (Lipinski definition) is 3. The molecular weight excluding hydrogens is 342 g/mol. The summed E-state index contributed by atoms with van der Waals surface area (Å²) >= 11 is 0. The Bertz CT molecular complexity index is 929. The molecule has 0 saturated carbocycles. The van der Waals surface area contributed by atoms with Crippen molar-refractivity contribution in [2.24, 2.45) is 0 Å². The van der Waals surface area contributed by atoms with Gasteiger partial charge in [0.25, 0.3) is 0 Å². The normalized spacial score (nSPS) is 11.1. The van der Waals surface area contributed by atoms with Crippen molar-refractivity contribution in [3.63, 3.8) is 0 Å². The van der Waals surface area contributed by atoms with Gasteiger partial charge in [-0.05, 0) is 72.7 Å². The summed E-state index contributed by atoms with van der Waals surface area (Å²) in [6.45, 7) is 1.77. The van der Waals surface area contributed by atoms with Crippen LogP contribution in [0.1, 0.15) is 11.1 Å². The first-order chi connectivity index (χ1) is 13.5. The number of anilines is 1. The average Bonchev–Trinajstić information content (AvgIpc) is 2.68. The molecule has 3 aromatic carbocycles. The second kappa shape index (κ2) is 9.05. The Hall–Kier alpha value is -2.62. The molecular formula is C25H31N3. The first-order valence-corrected chi connectivity index (χ1v) is 9.78. The molecule has 1 N–H and O–H groups in total. The summed E-state index contributed by atoms with van der Waals surface area (Å²) in [7, 11) is 10.4. The molecule has 0 aliphatic carbocycles. The highest BCUT2D eigenvalue weighted by atomic mass is 15.1. The molecule has 0 fully saturated rings. The molecule has 0 amide bonds. The van der Waals surface area contributed by atoms with Crippen LogP contribution in [-0.2, 0) is 13.1 Å². The Morgan fingerprint density at radius 2 is 1.43 bits per heavy atom. The van der Waals surface area contributed by atoms with Gasteiger partial charge in [-0.2, -0.15) is 0 Å². The summed E-state index contributed by atoms with van der Waals surface area (Å²) in [5.74, 6) is 0. The van der Waals surface area contributed by atoms with E-state index in [1.807, 2.05) is 7.05 Å². The minimum absolute atomic E-state index is 0.867. The van der Waals surface area contributed by atoms with Crippen molar-refractivity contribution in [2.75, 3.05) is 40.1 Å². The number of hydrogen-bond donors (Lipinski definition) is 1. The van der Waals surface area contributed by atoms with Gasteiger partial charge in [0.2, 0.25) is 0 Å². The van der Waals surface area contributed by atoms with Crippen LogP contribution in [0, 0.1) is 0 Å². The highest BCUT2D eigenvalue weighted by Gasteiger charge is 2.11. The van der Waals surface area contributed by atoms with Gasteiger partial charge in [0.1, 0.15) is 0 Å².